The third-order valence-electron chi connectivity index (χ3n) is 1.95. The van der Waals surface area contributed by atoms with E-state index in [1.165, 1.54) is 0 Å². The van der Waals surface area contributed by atoms with Gasteiger partial charge in [0.05, 0.1) is 6.61 Å². The van der Waals surface area contributed by atoms with Gasteiger partial charge in [0, 0.05) is 5.56 Å². The molecule has 3 nitrogen and oxygen atoms in total. The number of benzene rings is 1. The van der Waals surface area contributed by atoms with Crippen molar-refractivity contribution in [2.45, 2.75) is 20.3 Å². The molecule has 0 radical (unpaired) electrons. The van der Waals surface area contributed by atoms with Gasteiger partial charge in [0.15, 0.2) is 0 Å². The average Bonchev–Trinajstić information content (AvgIpc) is 2.15. The molecule has 0 saturated heterocycles. The van der Waals surface area contributed by atoms with Crippen LogP contribution < -0.4 is 10.5 Å². The molecule has 14 heavy (non-hydrogen) atoms. The molecular formula is C11H16N2O. The van der Waals surface area contributed by atoms with E-state index in [4.69, 9.17) is 15.9 Å². The maximum absolute atomic E-state index is 7.28. The summed E-state index contributed by atoms with van der Waals surface area (Å²) in [5, 5.41) is 7.28. The van der Waals surface area contributed by atoms with Crippen LogP contribution in [0.2, 0.25) is 0 Å². The van der Waals surface area contributed by atoms with E-state index < -0.39 is 0 Å². The smallest absolute Gasteiger partial charge is 0.122 e. The molecule has 3 N–H and O–H groups in total. The van der Waals surface area contributed by atoms with Gasteiger partial charge in [0.2, 0.25) is 0 Å². The molecule has 0 heterocycles. The van der Waals surface area contributed by atoms with E-state index in [1.807, 2.05) is 19.1 Å². The summed E-state index contributed by atoms with van der Waals surface area (Å²) in [7, 11) is 0. The van der Waals surface area contributed by atoms with Gasteiger partial charge in [-0.2, -0.15) is 0 Å². The van der Waals surface area contributed by atoms with Gasteiger partial charge in [0.1, 0.15) is 11.6 Å². The molecule has 3 heteroatoms. The molecular weight excluding hydrogens is 176 g/mol. The molecule has 0 aromatic heterocycles. The van der Waals surface area contributed by atoms with Gasteiger partial charge in [-0.05, 0) is 37.1 Å². The van der Waals surface area contributed by atoms with Crippen molar-refractivity contribution >= 4 is 5.84 Å². The Morgan fingerprint density at radius 1 is 1.50 bits per heavy atom. The first kappa shape index (κ1) is 10.6. The SMILES string of the molecule is CCCOc1ccc(C(=N)N)cc1C. The molecule has 0 aliphatic rings. The molecule has 0 amide bonds. The van der Waals surface area contributed by atoms with Crippen LogP contribution in [0.3, 0.4) is 0 Å². The van der Waals surface area contributed by atoms with Crippen LogP contribution in [0.1, 0.15) is 24.5 Å². The van der Waals surface area contributed by atoms with Crippen molar-refractivity contribution in [3.63, 3.8) is 0 Å². The van der Waals surface area contributed by atoms with Crippen LogP contribution in [-0.2, 0) is 0 Å². The summed E-state index contributed by atoms with van der Waals surface area (Å²) in [6, 6.07) is 5.54. The lowest BCUT2D eigenvalue weighted by molar-refractivity contribution is 0.315. The molecule has 1 aromatic rings. The lowest BCUT2D eigenvalue weighted by Gasteiger charge is -2.09. The second-order valence-electron chi connectivity index (χ2n) is 3.24. The van der Waals surface area contributed by atoms with Gasteiger partial charge >= 0.3 is 0 Å². The van der Waals surface area contributed by atoms with E-state index in [-0.39, 0.29) is 5.84 Å². The molecule has 0 aliphatic heterocycles. The number of nitrogen functional groups attached to an aromatic ring is 1. The number of ether oxygens (including phenoxy) is 1. The fraction of sp³-hybridized carbons (Fsp3) is 0.364. The third-order valence-corrected chi connectivity index (χ3v) is 1.95. The minimum absolute atomic E-state index is 0.0927. The van der Waals surface area contributed by atoms with Crippen LogP contribution in [-0.4, -0.2) is 12.4 Å². The summed E-state index contributed by atoms with van der Waals surface area (Å²) >= 11 is 0. The van der Waals surface area contributed by atoms with E-state index in [0.717, 1.165) is 29.9 Å². The lowest BCUT2D eigenvalue weighted by atomic mass is 10.1. The van der Waals surface area contributed by atoms with E-state index in [0.29, 0.717) is 0 Å². The zero-order chi connectivity index (χ0) is 10.6. The number of aryl methyl sites for hydroxylation is 1. The van der Waals surface area contributed by atoms with Crippen molar-refractivity contribution in [1.82, 2.24) is 0 Å². The van der Waals surface area contributed by atoms with Crippen molar-refractivity contribution in [3.05, 3.63) is 29.3 Å². The Kier molecular flexibility index (Phi) is 3.51. The maximum Gasteiger partial charge on any atom is 0.122 e. The molecule has 0 fully saturated rings. The van der Waals surface area contributed by atoms with Gasteiger partial charge < -0.3 is 10.5 Å². The van der Waals surface area contributed by atoms with E-state index in [1.54, 1.807) is 6.07 Å². The summed E-state index contributed by atoms with van der Waals surface area (Å²) in [6.07, 6.45) is 0.994. The molecule has 0 saturated carbocycles. The second-order valence-corrected chi connectivity index (χ2v) is 3.24. The highest BCUT2D eigenvalue weighted by Gasteiger charge is 2.02. The van der Waals surface area contributed by atoms with E-state index in [2.05, 4.69) is 6.92 Å². The number of nitrogens with one attached hydrogen (secondary N) is 1. The number of nitrogens with two attached hydrogens (primary N) is 1. The largest absolute Gasteiger partial charge is 0.493 e. The van der Waals surface area contributed by atoms with E-state index in [9.17, 15) is 0 Å². The summed E-state index contributed by atoms with van der Waals surface area (Å²) in [5.74, 6) is 0.965. The molecule has 0 atom stereocenters. The zero-order valence-electron chi connectivity index (χ0n) is 8.63. The van der Waals surface area contributed by atoms with Crippen molar-refractivity contribution in [2.24, 2.45) is 5.73 Å². The van der Waals surface area contributed by atoms with Crippen LogP contribution in [0.4, 0.5) is 0 Å². The Morgan fingerprint density at radius 3 is 2.71 bits per heavy atom. The number of hydrogen-bond donors (Lipinski definition) is 2. The highest BCUT2D eigenvalue weighted by Crippen LogP contribution is 2.18. The van der Waals surface area contributed by atoms with Crippen LogP contribution in [0.15, 0.2) is 18.2 Å². The molecule has 0 spiro atoms. The Bertz CT molecular complexity index is 334. The van der Waals surface area contributed by atoms with Crippen LogP contribution in [0.5, 0.6) is 5.75 Å². The first-order valence-corrected chi connectivity index (χ1v) is 4.73. The van der Waals surface area contributed by atoms with Gasteiger partial charge in [-0.3, -0.25) is 5.41 Å². The van der Waals surface area contributed by atoms with Gasteiger partial charge in [0.25, 0.3) is 0 Å². The normalized spacial score (nSPS) is 9.86. The number of amidine groups is 1. The minimum Gasteiger partial charge on any atom is -0.493 e. The summed E-state index contributed by atoms with van der Waals surface area (Å²) < 4.78 is 5.51. The highest BCUT2D eigenvalue weighted by molar-refractivity contribution is 5.95. The standard InChI is InChI=1S/C11H16N2O/c1-3-6-14-10-5-4-9(11(12)13)7-8(10)2/h4-5,7H,3,6H2,1-2H3,(H3,12,13). The number of hydrogen-bond acceptors (Lipinski definition) is 2. The molecule has 0 aliphatic carbocycles. The van der Waals surface area contributed by atoms with Crippen molar-refractivity contribution in [3.8, 4) is 5.75 Å². The minimum atomic E-state index is 0.0927. The van der Waals surface area contributed by atoms with Gasteiger partial charge in [-0.25, -0.2) is 0 Å². The summed E-state index contributed by atoms with van der Waals surface area (Å²) in [6.45, 7) is 4.75. The Morgan fingerprint density at radius 2 is 2.21 bits per heavy atom. The van der Waals surface area contributed by atoms with Gasteiger partial charge in [-0.1, -0.05) is 6.92 Å². The summed E-state index contributed by atoms with van der Waals surface area (Å²) in [4.78, 5) is 0. The fourth-order valence-electron chi connectivity index (χ4n) is 1.19. The molecule has 1 aromatic carbocycles. The third kappa shape index (κ3) is 2.49. The predicted octanol–water partition coefficient (Wildman–Crippen LogP) is 2.07. The topological polar surface area (TPSA) is 59.1 Å². The first-order valence-electron chi connectivity index (χ1n) is 4.73. The molecule has 0 bridgehead atoms. The van der Waals surface area contributed by atoms with Crippen LogP contribution >= 0.6 is 0 Å². The molecule has 76 valence electrons. The quantitative estimate of drug-likeness (QED) is 0.566. The Hall–Kier alpha value is -1.51. The lowest BCUT2D eigenvalue weighted by Crippen LogP contribution is -2.11. The highest BCUT2D eigenvalue weighted by atomic mass is 16.5. The Labute approximate surface area is 84.4 Å². The van der Waals surface area contributed by atoms with Crippen LogP contribution in [0.25, 0.3) is 0 Å². The van der Waals surface area contributed by atoms with Crippen LogP contribution in [0, 0.1) is 12.3 Å². The van der Waals surface area contributed by atoms with Gasteiger partial charge in [-0.15, -0.1) is 0 Å². The van der Waals surface area contributed by atoms with Crippen molar-refractivity contribution in [1.29, 1.82) is 5.41 Å². The monoisotopic (exact) mass is 192 g/mol. The Balaban J connectivity index is 2.84. The average molecular weight is 192 g/mol. The van der Waals surface area contributed by atoms with Crippen molar-refractivity contribution < 1.29 is 4.74 Å². The maximum atomic E-state index is 7.28. The fourth-order valence-corrected chi connectivity index (χ4v) is 1.19. The first-order chi connectivity index (χ1) is 6.65. The molecule has 0 unspecified atom stereocenters. The van der Waals surface area contributed by atoms with Crippen molar-refractivity contribution in [2.75, 3.05) is 6.61 Å². The number of rotatable bonds is 4. The summed E-state index contributed by atoms with van der Waals surface area (Å²) in [5.41, 5.74) is 7.14. The van der Waals surface area contributed by atoms with E-state index >= 15 is 0 Å². The predicted molar refractivity (Wildman–Crippen MR) is 58.0 cm³/mol. The second kappa shape index (κ2) is 4.65. The molecule has 1 rings (SSSR count). The zero-order valence-corrected chi connectivity index (χ0v) is 8.63.